The second kappa shape index (κ2) is 4.18. The van der Waals surface area contributed by atoms with Gasteiger partial charge in [0.15, 0.2) is 18.1 Å². The summed E-state index contributed by atoms with van der Waals surface area (Å²) in [7, 11) is 0. The molecule has 0 radical (unpaired) electrons. The molecule has 0 aromatic carbocycles. The average Bonchev–Trinajstić information content (AvgIpc) is 2.41. The molecule has 6 heteroatoms. The van der Waals surface area contributed by atoms with Crippen molar-refractivity contribution in [1.29, 1.82) is 0 Å². The number of carbonyl (C=O) groups excluding carboxylic acids is 1. The Morgan fingerprint density at radius 1 is 1.54 bits per heavy atom. The first-order valence-corrected chi connectivity index (χ1v) is 4.66. The van der Waals surface area contributed by atoms with Crippen molar-refractivity contribution in [2.75, 3.05) is 6.26 Å². The van der Waals surface area contributed by atoms with E-state index in [2.05, 4.69) is 8.83 Å². The van der Waals surface area contributed by atoms with E-state index in [0.29, 0.717) is 5.76 Å². The maximum Gasteiger partial charge on any atom is 0.519 e. The van der Waals surface area contributed by atoms with Crippen molar-refractivity contribution >= 4 is 17.1 Å². The number of thioether (sulfide) groups is 1. The number of rotatable bonds is 2. The maximum atomic E-state index is 10.7. The van der Waals surface area contributed by atoms with Crippen LogP contribution in [0.5, 0.6) is 0 Å². The maximum absolute atomic E-state index is 10.7. The van der Waals surface area contributed by atoms with E-state index < -0.39 is 11.1 Å². The molecule has 1 aromatic heterocycles. The first-order chi connectivity index (χ1) is 6.13. The Bertz CT molecular complexity index is 350. The van der Waals surface area contributed by atoms with Crippen LogP contribution < -0.4 is 5.82 Å². The lowest BCUT2D eigenvalue weighted by molar-refractivity contribution is 0.158. The van der Waals surface area contributed by atoms with Gasteiger partial charge in [-0.15, -0.1) is 0 Å². The summed E-state index contributed by atoms with van der Waals surface area (Å²) in [5, 5.41) is -0.428. The lowest BCUT2D eigenvalue weighted by atomic mass is 10.4. The minimum atomic E-state index is -0.785. The van der Waals surface area contributed by atoms with Crippen molar-refractivity contribution in [3.05, 3.63) is 22.1 Å². The molecule has 0 aliphatic rings. The van der Waals surface area contributed by atoms with Gasteiger partial charge in [0, 0.05) is 0 Å². The number of ether oxygens (including phenoxy) is 1. The van der Waals surface area contributed by atoms with Crippen LogP contribution >= 0.6 is 11.8 Å². The molecular weight excluding hydrogens is 196 g/mol. The summed E-state index contributed by atoms with van der Waals surface area (Å²) in [4.78, 5) is 21.2. The Balaban J connectivity index is 2.59. The van der Waals surface area contributed by atoms with Crippen molar-refractivity contribution in [2.24, 2.45) is 0 Å². The molecule has 0 amide bonds. The average molecular weight is 204 g/mol. The van der Waals surface area contributed by atoms with E-state index in [1.54, 1.807) is 13.2 Å². The zero-order valence-electron chi connectivity index (χ0n) is 7.16. The van der Waals surface area contributed by atoms with Gasteiger partial charge in [0.1, 0.15) is 0 Å². The van der Waals surface area contributed by atoms with Crippen LogP contribution in [0.3, 0.4) is 0 Å². The highest BCUT2D eigenvalue weighted by Crippen LogP contribution is 2.08. The van der Waals surface area contributed by atoms with Crippen LogP contribution in [0.2, 0.25) is 0 Å². The number of hydrogen-bond acceptors (Lipinski definition) is 6. The molecule has 0 fully saturated rings. The molecule has 0 spiro atoms. The summed E-state index contributed by atoms with van der Waals surface area (Å²) in [5.74, 6) is -0.209. The summed E-state index contributed by atoms with van der Waals surface area (Å²) in [6.45, 7) is 1.49. The lowest BCUT2D eigenvalue weighted by Crippen LogP contribution is -1.97. The van der Waals surface area contributed by atoms with Crippen molar-refractivity contribution < 1.29 is 18.4 Å². The minimum absolute atomic E-state index is 0.0722. The smallest absolute Gasteiger partial charge is 0.449 e. The SMILES string of the molecule is CSC(=O)OCc1oc(=O)oc1C. The van der Waals surface area contributed by atoms with E-state index in [4.69, 9.17) is 4.74 Å². The molecule has 0 saturated carbocycles. The quantitative estimate of drug-likeness (QED) is 0.680. The molecular formula is C7H8O5S. The zero-order valence-corrected chi connectivity index (χ0v) is 7.97. The van der Waals surface area contributed by atoms with E-state index in [-0.39, 0.29) is 12.4 Å². The lowest BCUT2D eigenvalue weighted by Gasteiger charge is -1.97. The molecule has 1 rings (SSSR count). The molecule has 72 valence electrons. The van der Waals surface area contributed by atoms with E-state index in [9.17, 15) is 9.59 Å². The molecule has 0 N–H and O–H groups in total. The Morgan fingerprint density at radius 2 is 2.23 bits per heavy atom. The van der Waals surface area contributed by atoms with Gasteiger partial charge < -0.3 is 13.6 Å². The predicted octanol–water partition coefficient (Wildman–Crippen LogP) is 1.54. The van der Waals surface area contributed by atoms with Crippen LogP contribution in [-0.2, 0) is 11.3 Å². The Labute approximate surface area is 78.1 Å². The summed E-state index contributed by atoms with van der Waals surface area (Å²) in [6.07, 6.45) is 1.60. The number of carbonyl (C=O) groups is 1. The van der Waals surface area contributed by atoms with Gasteiger partial charge in [-0.05, 0) is 24.9 Å². The largest absolute Gasteiger partial charge is 0.519 e. The van der Waals surface area contributed by atoms with E-state index in [0.717, 1.165) is 11.8 Å². The van der Waals surface area contributed by atoms with Crippen LogP contribution in [0.25, 0.3) is 0 Å². The molecule has 1 aromatic rings. The van der Waals surface area contributed by atoms with Gasteiger partial charge >= 0.3 is 11.1 Å². The van der Waals surface area contributed by atoms with Crippen molar-refractivity contribution in [3.8, 4) is 0 Å². The fourth-order valence-electron chi connectivity index (χ4n) is 0.690. The number of hydrogen-bond donors (Lipinski definition) is 0. The molecule has 0 bridgehead atoms. The number of aryl methyl sites for hydroxylation is 1. The first kappa shape index (κ1) is 9.91. The van der Waals surface area contributed by atoms with E-state index >= 15 is 0 Å². The highest BCUT2D eigenvalue weighted by molar-refractivity contribution is 8.12. The molecule has 0 aliphatic carbocycles. The van der Waals surface area contributed by atoms with Crippen LogP contribution in [-0.4, -0.2) is 11.6 Å². The van der Waals surface area contributed by atoms with E-state index in [1.807, 2.05) is 0 Å². The van der Waals surface area contributed by atoms with E-state index in [1.165, 1.54) is 0 Å². The van der Waals surface area contributed by atoms with Crippen molar-refractivity contribution in [3.63, 3.8) is 0 Å². The molecule has 13 heavy (non-hydrogen) atoms. The molecule has 1 heterocycles. The third-order valence-corrected chi connectivity index (χ3v) is 1.77. The fraction of sp³-hybridized carbons (Fsp3) is 0.429. The van der Waals surface area contributed by atoms with Gasteiger partial charge in [0.25, 0.3) is 0 Å². The van der Waals surface area contributed by atoms with Gasteiger partial charge in [-0.25, -0.2) is 9.59 Å². The normalized spacial score (nSPS) is 10.0. The van der Waals surface area contributed by atoms with Gasteiger partial charge in [-0.2, -0.15) is 0 Å². The molecule has 0 saturated heterocycles. The third kappa shape index (κ3) is 2.66. The summed E-state index contributed by atoms with van der Waals surface area (Å²) in [5.41, 5.74) is 0. The molecule has 0 atom stereocenters. The van der Waals surface area contributed by atoms with Gasteiger partial charge in [0.2, 0.25) is 0 Å². The summed E-state index contributed by atoms with van der Waals surface area (Å²) >= 11 is 0.945. The molecule has 0 aliphatic heterocycles. The summed E-state index contributed by atoms with van der Waals surface area (Å²) < 4.78 is 13.9. The highest BCUT2D eigenvalue weighted by Gasteiger charge is 2.10. The molecule has 0 unspecified atom stereocenters. The monoisotopic (exact) mass is 204 g/mol. The highest BCUT2D eigenvalue weighted by atomic mass is 32.2. The Hall–Kier alpha value is -1.17. The van der Waals surface area contributed by atoms with Gasteiger partial charge in [-0.1, -0.05) is 0 Å². The predicted molar refractivity (Wildman–Crippen MR) is 45.7 cm³/mol. The van der Waals surface area contributed by atoms with Gasteiger partial charge in [-0.3, -0.25) is 0 Å². The first-order valence-electron chi connectivity index (χ1n) is 3.43. The second-order valence-electron chi connectivity index (χ2n) is 2.18. The minimum Gasteiger partial charge on any atom is -0.449 e. The van der Waals surface area contributed by atoms with Crippen LogP contribution in [0.15, 0.2) is 13.6 Å². The fourth-order valence-corrected chi connectivity index (χ4v) is 0.866. The zero-order chi connectivity index (χ0) is 9.84. The van der Waals surface area contributed by atoms with Crippen molar-refractivity contribution in [2.45, 2.75) is 13.5 Å². The topological polar surface area (TPSA) is 69.7 Å². The summed E-state index contributed by atoms with van der Waals surface area (Å²) in [6, 6.07) is 0. The van der Waals surface area contributed by atoms with Crippen LogP contribution in [0, 0.1) is 6.92 Å². The van der Waals surface area contributed by atoms with Gasteiger partial charge in [0.05, 0.1) is 0 Å². The molecule has 5 nitrogen and oxygen atoms in total. The van der Waals surface area contributed by atoms with Crippen LogP contribution in [0.1, 0.15) is 11.5 Å². The standard InChI is InChI=1S/C7H8O5S/c1-4-5(12-6(8)11-4)3-10-7(9)13-2/h3H2,1-2H3. The van der Waals surface area contributed by atoms with Crippen molar-refractivity contribution in [1.82, 2.24) is 0 Å². The second-order valence-corrected chi connectivity index (χ2v) is 2.92. The van der Waals surface area contributed by atoms with Crippen LogP contribution in [0.4, 0.5) is 4.79 Å². The third-order valence-electron chi connectivity index (χ3n) is 1.32. The Morgan fingerprint density at radius 3 is 2.69 bits per heavy atom. The Kier molecular flexibility index (Phi) is 3.18.